The Morgan fingerprint density at radius 2 is 2.04 bits per heavy atom. The van der Waals surface area contributed by atoms with E-state index in [0.717, 1.165) is 17.3 Å². The predicted molar refractivity (Wildman–Crippen MR) is 94.3 cm³/mol. The van der Waals surface area contributed by atoms with Crippen LogP contribution in [0, 0.1) is 5.92 Å². The highest BCUT2D eigenvalue weighted by Gasteiger charge is 2.41. The average Bonchev–Trinajstić information content (AvgIpc) is 2.75. The molecule has 23 heavy (non-hydrogen) atoms. The smallest absolute Gasteiger partial charge is 0.327 e. The maximum atomic E-state index is 12.6. The van der Waals surface area contributed by atoms with Crippen molar-refractivity contribution in [3.63, 3.8) is 0 Å². The Balaban J connectivity index is 2.38. The Morgan fingerprint density at radius 3 is 2.61 bits per heavy atom. The zero-order chi connectivity index (χ0) is 17.1. The van der Waals surface area contributed by atoms with Crippen LogP contribution in [0.25, 0.3) is 6.08 Å². The van der Waals surface area contributed by atoms with Gasteiger partial charge in [-0.05, 0) is 18.1 Å². The molecule has 7 heteroatoms. The molecule has 0 radical (unpaired) electrons. The molecule has 0 aromatic heterocycles. The van der Waals surface area contributed by atoms with E-state index in [9.17, 15) is 14.7 Å². The lowest BCUT2D eigenvalue weighted by Crippen LogP contribution is -2.47. The van der Waals surface area contributed by atoms with Crippen LogP contribution in [-0.2, 0) is 9.59 Å². The number of nitrogens with zero attached hydrogens (tertiary/aromatic N) is 1. The Bertz CT molecular complexity index is 684. The van der Waals surface area contributed by atoms with Gasteiger partial charge in [0.25, 0.3) is 5.91 Å². The number of ether oxygens (including phenoxy) is 1. The van der Waals surface area contributed by atoms with Crippen LogP contribution in [0.5, 0.6) is 5.75 Å². The van der Waals surface area contributed by atoms with E-state index in [1.807, 2.05) is 18.2 Å². The second-order valence-corrected chi connectivity index (χ2v) is 7.00. The molecular weight excluding hydrogens is 334 g/mol. The highest BCUT2D eigenvalue weighted by molar-refractivity contribution is 8.26. The summed E-state index contributed by atoms with van der Waals surface area (Å²) >= 11 is 6.33. The van der Waals surface area contributed by atoms with Crippen molar-refractivity contribution in [3.05, 3.63) is 34.7 Å². The van der Waals surface area contributed by atoms with Gasteiger partial charge in [-0.25, -0.2) is 4.79 Å². The van der Waals surface area contributed by atoms with Gasteiger partial charge in [0.1, 0.15) is 16.1 Å². The van der Waals surface area contributed by atoms with Gasteiger partial charge in [-0.15, -0.1) is 0 Å². The van der Waals surface area contributed by atoms with E-state index in [1.165, 1.54) is 4.90 Å². The molecule has 1 amide bonds. The van der Waals surface area contributed by atoms with Gasteiger partial charge in [0.05, 0.1) is 12.0 Å². The molecule has 1 N–H and O–H groups in total. The van der Waals surface area contributed by atoms with Gasteiger partial charge in [-0.3, -0.25) is 9.69 Å². The predicted octanol–water partition coefficient (Wildman–Crippen LogP) is 3.01. The molecule has 0 unspecified atom stereocenters. The number of para-hydroxylation sites is 1. The number of thiocarbonyl (C=S) groups is 1. The van der Waals surface area contributed by atoms with E-state index in [-0.39, 0.29) is 16.1 Å². The van der Waals surface area contributed by atoms with E-state index in [4.69, 9.17) is 17.0 Å². The van der Waals surface area contributed by atoms with Crippen LogP contribution in [0.2, 0.25) is 0 Å². The van der Waals surface area contributed by atoms with Crippen molar-refractivity contribution in [2.24, 2.45) is 5.92 Å². The van der Waals surface area contributed by atoms with Crippen LogP contribution in [0.3, 0.4) is 0 Å². The van der Waals surface area contributed by atoms with E-state index >= 15 is 0 Å². The second kappa shape index (κ2) is 7.14. The Labute approximate surface area is 144 Å². The topological polar surface area (TPSA) is 66.8 Å². The number of rotatable bonds is 5. The van der Waals surface area contributed by atoms with Gasteiger partial charge in [0, 0.05) is 5.56 Å². The summed E-state index contributed by atoms with van der Waals surface area (Å²) in [5.74, 6) is -1.06. The number of carbonyl (C=O) groups is 2. The number of methoxy groups -OCH3 is 1. The number of carbonyl (C=O) groups excluding carboxylic acids is 1. The van der Waals surface area contributed by atoms with Gasteiger partial charge in [0.15, 0.2) is 0 Å². The summed E-state index contributed by atoms with van der Waals surface area (Å²) < 4.78 is 5.52. The molecule has 1 heterocycles. The summed E-state index contributed by atoms with van der Waals surface area (Å²) in [4.78, 5) is 25.7. The van der Waals surface area contributed by atoms with Crippen molar-refractivity contribution in [2.75, 3.05) is 7.11 Å². The van der Waals surface area contributed by atoms with Crippen molar-refractivity contribution in [2.45, 2.75) is 19.9 Å². The average molecular weight is 351 g/mol. The summed E-state index contributed by atoms with van der Waals surface area (Å²) in [5.41, 5.74) is 0.743. The maximum Gasteiger partial charge on any atom is 0.327 e. The summed E-state index contributed by atoms with van der Waals surface area (Å²) in [6.07, 6.45) is 1.68. The molecule has 1 saturated heterocycles. The number of hydrogen-bond acceptors (Lipinski definition) is 5. The van der Waals surface area contributed by atoms with Gasteiger partial charge < -0.3 is 9.84 Å². The first kappa shape index (κ1) is 17.5. The van der Waals surface area contributed by atoms with Crippen molar-refractivity contribution in [1.29, 1.82) is 0 Å². The largest absolute Gasteiger partial charge is 0.496 e. The molecule has 1 fully saturated rings. The monoisotopic (exact) mass is 351 g/mol. The van der Waals surface area contributed by atoms with Crippen molar-refractivity contribution >= 4 is 46.3 Å². The third-order valence-corrected chi connectivity index (χ3v) is 4.74. The van der Waals surface area contributed by atoms with Crippen LogP contribution in [0.15, 0.2) is 29.2 Å². The highest BCUT2D eigenvalue weighted by Crippen LogP contribution is 2.36. The summed E-state index contributed by atoms with van der Waals surface area (Å²) in [6, 6.07) is 6.32. The third kappa shape index (κ3) is 3.56. The minimum absolute atomic E-state index is 0.249. The number of aliphatic carboxylic acids is 1. The lowest BCUT2D eigenvalue weighted by molar-refractivity contribution is -0.146. The van der Waals surface area contributed by atoms with Gasteiger partial charge >= 0.3 is 5.97 Å². The number of thioether (sulfide) groups is 1. The van der Waals surface area contributed by atoms with Crippen molar-refractivity contribution < 1.29 is 19.4 Å². The van der Waals surface area contributed by atoms with Crippen molar-refractivity contribution in [1.82, 2.24) is 4.90 Å². The fourth-order valence-electron chi connectivity index (χ4n) is 2.34. The number of hydrogen-bond donors (Lipinski definition) is 1. The van der Waals surface area contributed by atoms with Crippen LogP contribution < -0.4 is 4.74 Å². The Kier molecular flexibility index (Phi) is 5.43. The van der Waals surface area contributed by atoms with E-state index in [0.29, 0.717) is 10.7 Å². The molecule has 0 bridgehead atoms. The zero-order valence-electron chi connectivity index (χ0n) is 13.0. The van der Waals surface area contributed by atoms with Crippen LogP contribution in [-0.4, -0.2) is 39.4 Å². The number of carboxylic acid groups (broad SMARTS) is 1. The quantitative estimate of drug-likeness (QED) is 0.650. The molecule has 1 aromatic carbocycles. The Morgan fingerprint density at radius 1 is 1.39 bits per heavy atom. The summed E-state index contributed by atoms with van der Waals surface area (Å²) in [5, 5.41) is 9.40. The lowest BCUT2D eigenvalue weighted by atomic mass is 10.0. The molecule has 122 valence electrons. The van der Waals surface area contributed by atoms with Gasteiger partial charge in [-0.1, -0.05) is 56.0 Å². The van der Waals surface area contributed by atoms with Crippen LogP contribution >= 0.6 is 24.0 Å². The lowest BCUT2D eigenvalue weighted by Gasteiger charge is -2.26. The van der Waals surface area contributed by atoms with Gasteiger partial charge in [-0.2, -0.15) is 0 Å². The number of benzene rings is 1. The first-order valence-electron chi connectivity index (χ1n) is 6.99. The van der Waals surface area contributed by atoms with Crippen molar-refractivity contribution in [3.8, 4) is 5.75 Å². The molecule has 1 aliphatic heterocycles. The normalized spacial score (nSPS) is 17.9. The molecule has 1 aliphatic rings. The van der Waals surface area contributed by atoms with Crippen LogP contribution in [0.4, 0.5) is 0 Å². The third-order valence-electron chi connectivity index (χ3n) is 3.41. The summed E-state index contributed by atoms with van der Waals surface area (Å²) in [7, 11) is 1.55. The minimum Gasteiger partial charge on any atom is -0.496 e. The van der Waals surface area contributed by atoms with Gasteiger partial charge in [0.2, 0.25) is 0 Å². The second-order valence-electron chi connectivity index (χ2n) is 5.32. The fourth-order valence-corrected chi connectivity index (χ4v) is 3.66. The van der Waals surface area contributed by atoms with Crippen LogP contribution in [0.1, 0.15) is 19.4 Å². The van der Waals surface area contributed by atoms with E-state index < -0.39 is 12.0 Å². The zero-order valence-corrected chi connectivity index (χ0v) is 14.6. The highest BCUT2D eigenvalue weighted by atomic mass is 32.2. The first-order valence-corrected chi connectivity index (χ1v) is 8.22. The fraction of sp³-hybridized carbons (Fsp3) is 0.312. The number of carboxylic acids is 1. The molecule has 1 atom stereocenters. The minimum atomic E-state index is -1.06. The maximum absolute atomic E-state index is 12.6. The van der Waals surface area contributed by atoms with E-state index in [1.54, 1.807) is 33.1 Å². The molecule has 5 nitrogen and oxygen atoms in total. The molecule has 1 aromatic rings. The summed E-state index contributed by atoms with van der Waals surface area (Å²) in [6.45, 7) is 3.50. The molecule has 0 spiro atoms. The number of amides is 1. The Hall–Kier alpha value is -1.86. The standard InChI is InChI=1S/C16H17NO4S2/c1-9(2)13(15(19)20)17-14(18)12(23-16(17)22)8-10-6-4-5-7-11(10)21-3/h4-9,13H,1-3H3,(H,19,20)/b12-8-/t13-/m1/s1. The van der Waals surface area contributed by atoms with E-state index in [2.05, 4.69) is 0 Å². The molecule has 0 aliphatic carbocycles. The SMILES string of the molecule is COc1ccccc1/C=C1\SC(=S)N([C@@H](C(=O)O)C(C)C)C1=O. The molecular formula is C16H17NO4S2. The molecule has 2 rings (SSSR count). The molecule has 0 saturated carbocycles. The first-order chi connectivity index (χ1) is 10.9.